The van der Waals surface area contributed by atoms with E-state index >= 15 is 0 Å². The van der Waals surface area contributed by atoms with Crippen LogP contribution in [0.3, 0.4) is 0 Å². The summed E-state index contributed by atoms with van der Waals surface area (Å²) in [5.41, 5.74) is 1.04. The van der Waals surface area contributed by atoms with Gasteiger partial charge >= 0.3 is 6.03 Å². The fraction of sp³-hybridized carbons (Fsp3) is 0.562. The number of halogens is 2. The fourth-order valence-electron chi connectivity index (χ4n) is 2.71. The number of carbonyl (C=O) groups excluding carboxylic acids is 1. The van der Waals surface area contributed by atoms with Crippen molar-refractivity contribution >= 4 is 29.2 Å². The molecule has 0 aliphatic carbocycles. The highest BCUT2D eigenvalue weighted by Gasteiger charge is 2.22. The van der Waals surface area contributed by atoms with Gasteiger partial charge in [0.05, 0.1) is 0 Å². The molecule has 1 aromatic rings. The Labute approximate surface area is 141 Å². The van der Waals surface area contributed by atoms with Crippen LogP contribution in [0.15, 0.2) is 18.2 Å². The summed E-state index contributed by atoms with van der Waals surface area (Å²) >= 11 is 12.0. The topological polar surface area (TPSA) is 52.6 Å². The number of amides is 2. The molecular formula is C16H22Cl2N2O2. The quantitative estimate of drug-likeness (QED) is 0.805. The number of aliphatic hydroxyl groups excluding tert-OH is 1. The van der Waals surface area contributed by atoms with Gasteiger partial charge in [-0.25, -0.2) is 4.79 Å². The first-order chi connectivity index (χ1) is 10.6. The molecule has 4 nitrogen and oxygen atoms in total. The zero-order valence-electron chi connectivity index (χ0n) is 12.5. The van der Waals surface area contributed by atoms with E-state index in [1.165, 1.54) is 0 Å². The Balaban J connectivity index is 1.70. The summed E-state index contributed by atoms with van der Waals surface area (Å²) in [6.07, 6.45) is 3.58. The van der Waals surface area contributed by atoms with Crippen LogP contribution in [-0.4, -0.2) is 42.3 Å². The number of benzene rings is 1. The van der Waals surface area contributed by atoms with Crippen LogP contribution in [0.1, 0.15) is 24.8 Å². The molecule has 2 amide bonds. The third-order valence-electron chi connectivity index (χ3n) is 3.98. The SMILES string of the molecule is O=C(NCCCc1ccc(Cl)cc1Cl)N1CCC[C@H](CO)C1. The summed E-state index contributed by atoms with van der Waals surface area (Å²) in [6.45, 7) is 2.17. The van der Waals surface area contributed by atoms with E-state index in [-0.39, 0.29) is 18.6 Å². The molecule has 6 heteroatoms. The molecule has 0 unspecified atom stereocenters. The van der Waals surface area contributed by atoms with Gasteiger partial charge in [-0.2, -0.15) is 0 Å². The van der Waals surface area contributed by atoms with Gasteiger partial charge in [0.15, 0.2) is 0 Å². The third kappa shape index (κ3) is 5.04. The number of nitrogens with one attached hydrogen (secondary N) is 1. The van der Waals surface area contributed by atoms with E-state index in [1.807, 2.05) is 12.1 Å². The third-order valence-corrected chi connectivity index (χ3v) is 4.57. The summed E-state index contributed by atoms with van der Waals surface area (Å²) in [4.78, 5) is 13.9. The van der Waals surface area contributed by atoms with Gasteiger partial charge in [0, 0.05) is 36.3 Å². The molecule has 1 aliphatic heterocycles. The normalized spacial score (nSPS) is 18.3. The summed E-state index contributed by atoms with van der Waals surface area (Å²) in [5.74, 6) is 0.215. The van der Waals surface area contributed by atoms with Gasteiger partial charge in [0.1, 0.15) is 0 Å². The number of likely N-dealkylation sites (tertiary alicyclic amines) is 1. The molecule has 0 bridgehead atoms. The minimum Gasteiger partial charge on any atom is -0.396 e. The van der Waals surface area contributed by atoms with Gasteiger partial charge in [-0.15, -0.1) is 0 Å². The Hall–Kier alpha value is -0.970. The number of urea groups is 1. The van der Waals surface area contributed by atoms with Crippen molar-refractivity contribution in [2.24, 2.45) is 5.92 Å². The molecule has 1 aromatic carbocycles. The maximum Gasteiger partial charge on any atom is 0.317 e. The summed E-state index contributed by atoms with van der Waals surface area (Å²) in [5, 5.41) is 13.4. The maximum absolute atomic E-state index is 12.1. The molecule has 1 heterocycles. The van der Waals surface area contributed by atoms with Crippen molar-refractivity contribution in [1.29, 1.82) is 0 Å². The Kier molecular flexibility index (Phi) is 6.80. The van der Waals surface area contributed by atoms with Crippen molar-refractivity contribution in [2.45, 2.75) is 25.7 Å². The summed E-state index contributed by atoms with van der Waals surface area (Å²) in [7, 11) is 0. The number of aryl methyl sites for hydroxylation is 1. The predicted octanol–water partition coefficient (Wildman–Crippen LogP) is 3.34. The number of nitrogens with zero attached hydrogens (tertiary/aromatic N) is 1. The molecule has 2 rings (SSSR count). The van der Waals surface area contributed by atoms with Gasteiger partial charge in [0.2, 0.25) is 0 Å². The van der Waals surface area contributed by atoms with E-state index in [9.17, 15) is 9.90 Å². The van der Waals surface area contributed by atoms with Crippen molar-refractivity contribution in [3.63, 3.8) is 0 Å². The zero-order valence-corrected chi connectivity index (χ0v) is 14.0. The highest BCUT2D eigenvalue weighted by atomic mass is 35.5. The highest BCUT2D eigenvalue weighted by molar-refractivity contribution is 6.35. The van der Waals surface area contributed by atoms with Gasteiger partial charge in [0.25, 0.3) is 0 Å². The molecule has 22 heavy (non-hydrogen) atoms. The van der Waals surface area contributed by atoms with E-state index in [2.05, 4.69) is 5.32 Å². The number of aliphatic hydroxyl groups is 1. The molecule has 0 saturated carbocycles. The highest BCUT2D eigenvalue weighted by Crippen LogP contribution is 2.22. The number of hydrogen-bond donors (Lipinski definition) is 2. The van der Waals surface area contributed by atoms with Crippen molar-refractivity contribution in [2.75, 3.05) is 26.2 Å². The average Bonchev–Trinajstić information content (AvgIpc) is 2.53. The summed E-state index contributed by atoms with van der Waals surface area (Å²) < 4.78 is 0. The predicted molar refractivity (Wildman–Crippen MR) is 89.6 cm³/mol. The lowest BCUT2D eigenvalue weighted by atomic mass is 9.99. The molecule has 122 valence electrons. The smallest absolute Gasteiger partial charge is 0.317 e. The van der Waals surface area contributed by atoms with Crippen molar-refractivity contribution in [3.05, 3.63) is 33.8 Å². The molecule has 0 radical (unpaired) electrons. The first kappa shape index (κ1) is 17.4. The Bertz CT molecular complexity index is 511. The Morgan fingerprint density at radius 2 is 2.23 bits per heavy atom. The van der Waals surface area contributed by atoms with Crippen LogP contribution in [-0.2, 0) is 6.42 Å². The molecular weight excluding hydrogens is 323 g/mol. The van der Waals surface area contributed by atoms with Crippen molar-refractivity contribution < 1.29 is 9.90 Å². The zero-order chi connectivity index (χ0) is 15.9. The van der Waals surface area contributed by atoms with Gasteiger partial charge in [-0.05, 0) is 49.3 Å². The van der Waals surface area contributed by atoms with Crippen LogP contribution in [0, 0.1) is 5.92 Å². The first-order valence-corrected chi connectivity index (χ1v) is 8.43. The van der Waals surface area contributed by atoms with E-state index in [0.29, 0.717) is 23.1 Å². The number of rotatable bonds is 5. The van der Waals surface area contributed by atoms with Crippen molar-refractivity contribution in [3.8, 4) is 0 Å². The van der Waals surface area contributed by atoms with Gasteiger partial charge in [-0.1, -0.05) is 29.3 Å². The molecule has 2 N–H and O–H groups in total. The molecule has 1 saturated heterocycles. The molecule has 1 aliphatic rings. The number of carbonyl (C=O) groups is 1. The second kappa shape index (κ2) is 8.61. The van der Waals surface area contributed by atoms with E-state index < -0.39 is 0 Å². The van der Waals surface area contributed by atoms with Crippen LogP contribution >= 0.6 is 23.2 Å². The lowest BCUT2D eigenvalue weighted by molar-refractivity contribution is 0.129. The Morgan fingerprint density at radius 1 is 1.41 bits per heavy atom. The molecule has 1 atom stereocenters. The van der Waals surface area contributed by atoms with Crippen LogP contribution < -0.4 is 5.32 Å². The van der Waals surface area contributed by atoms with E-state index in [0.717, 1.165) is 37.8 Å². The maximum atomic E-state index is 12.1. The van der Waals surface area contributed by atoms with E-state index in [1.54, 1.807) is 11.0 Å². The van der Waals surface area contributed by atoms with Gasteiger partial charge in [-0.3, -0.25) is 0 Å². The fourth-order valence-corrected chi connectivity index (χ4v) is 3.21. The van der Waals surface area contributed by atoms with E-state index in [4.69, 9.17) is 23.2 Å². The Morgan fingerprint density at radius 3 is 2.95 bits per heavy atom. The summed E-state index contributed by atoms with van der Waals surface area (Å²) in [6, 6.07) is 5.44. The minimum absolute atomic E-state index is 0.0413. The second-order valence-electron chi connectivity index (χ2n) is 5.71. The molecule has 0 aromatic heterocycles. The van der Waals surface area contributed by atoms with Crippen LogP contribution in [0.4, 0.5) is 4.79 Å². The number of hydrogen-bond acceptors (Lipinski definition) is 2. The van der Waals surface area contributed by atoms with Crippen molar-refractivity contribution in [1.82, 2.24) is 10.2 Å². The largest absolute Gasteiger partial charge is 0.396 e. The second-order valence-corrected chi connectivity index (χ2v) is 6.55. The minimum atomic E-state index is -0.0413. The lowest BCUT2D eigenvalue weighted by Crippen LogP contribution is -2.46. The standard InChI is InChI=1S/C16H22Cl2N2O2/c17-14-6-5-13(15(18)9-14)4-1-7-19-16(22)20-8-2-3-12(10-20)11-21/h5-6,9,12,21H,1-4,7-8,10-11H2,(H,19,22)/t12-/m0/s1. The first-order valence-electron chi connectivity index (χ1n) is 7.67. The number of piperidine rings is 1. The monoisotopic (exact) mass is 344 g/mol. The van der Waals surface area contributed by atoms with Crippen LogP contribution in [0.25, 0.3) is 0 Å². The molecule has 1 fully saturated rings. The van der Waals surface area contributed by atoms with Crippen LogP contribution in [0.5, 0.6) is 0 Å². The molecule has 0 spiro atoms. The average molecular weight is 345 g/mol. The van der Waals surface area contributed by atoms with Gasteiger partial charge < -0.3 is 15.3 Å². The lowest BCUT2D eigenvalue weighted by Gasteiger charge is -2.31. The van der Waals surface area contributed by atoms with Crippen LogP contribution in [0.2, 0.25) is 10.0 Å².